The molecule has 0 spiro atoms. The lowest BCUT2D eigenvalue weighted by atomic mass is 9.53. The molecule has 0 aromatic rings. The molecular weight excluding hydrogens is 254 g/mol. The standard InChI is InChI=1S/C16H27NO3/c1-6-9-16(5)12-11(13(16)18)8-7-10-17(12)14(19)20-15(2,3)4/h11-12H,6-10H2,1-5H3/t11-,12+,16?/m1/s1. The number of Topliss-reactive ketones (excluding diaryl/α,β-unsaturated/α-hetero) is 1. The molecule has 114 valence electrons. The number of likely N-dealkylation sites (tertiary alicyclic amines) is 1. The minimum atomic E-state index is -0.487. The van der Waals surface area contributed by atoms with Crippen molar-refractivity contribution in [3.8, 4) is 0 Å². The minimum Gasteiger partial charge on any atom is -0.444 e. The van der Waals surface area contributed by atoms with Crippen molar-refractivity contribution in [1.29, 1.82) is 0 Å². The van der Waals surface area contributed by atoms with Gasteiger partial charge in [-0.2, -0.15) is 0 Å². The summed E-state index contributed by atoms with van der Waals surface area (Å²) in [6.07, 6.45) is 3.37. The number of carbonyl (C=O) groups excluding carboxylic acids is 2. The molecule has 1 aliphatic heterocycles. The monoisotopic (exact) mass is 281 g/mol. The highest BCUT2D eigenvalue weighted by Crippen LogP contribution is 2.52. The van der Waals surface area contributed by atoms with Gasteiger partial charge in [0, 0.05) is 17.9 Å². The topological polar surface area (TPSA) is 46.6 Å². The van der Waals surface area contributed by atoms with E-state index in [-0.39, 0.29) is 23.5 Å². The van der Waals surface area contributed by atoms with Crippen LogP contribution in [0.4, 0.5) is 4.79 Å². The summed E-state index contributed by atoms with van der Waals surface area (Å²) in [6.45, 7) is 10.5. The summed E-state index contributed by atoms with van der Waals surface area (Å²) in [5.74, 6) is 0.380. The zero-order chi connectivity index (χ0) is 15.1. The summed E-state index contributed by atoms with van der Waals surface area (Å²) >= 11 is 0. The number of amides is 1. The van der Waals surface area contributed by atoms with E-state index in [1.165, 1.54) is 0 Å². The Kier molecular flexibility index (Phi) is 3.87. The predicted molar refractivity (Wildman–Crippen MR) is 77.5 cm³/mol. The van der Waals surface area contributed by atoms with Gasteiger partial charge in [-0.15, -0.1) is 0 Å². The Bertz CT molecular complexity index is 412. The average Bonchev–Trinajstić information content (AvgIpc) is 2.35. The highest BCUT2D eigenvalue weighted by Gasteiger charge is 2.62. The van der Waals surface area contributed by atoms with Gasteiger partial charge in [-0.05, 0) is 40.0 Å². The smallest absolute Gasteiger partial charge is 0.410 e. The molecule has 1 saturated carbocycles. The van der Waals surface area contributed by atoms with Crippen LogP contribution in [0.25, 0.3) is 0 Å². The van der Waals surface area contributed by atoms with Crippen LogP contribution in [0.5, 0.6) is 0 Å². The fourth-order valence-electron chi connectivity index (χ4n) is 3.85. The number of rotatable bonds is 2. The van der Waals surface area contributed by atoms with Crippen molar-refractivity contribution in [3.63, 3.8) is 0 Å². The highest BCUT2D eigenvalue weighted by molar-refractivity contribution is 5.96. The van der Waals surface area contributed by atoms with Crippen LogP contribution in [0.1, 0.15) is 60.3 Å². The van der Waals surface area contributed by atoms with E-state index in [0.29, 0.717) is 12.3 Å². The Morgan fingerprint density at radius 2 is 2.10 bits per heavy atom. The van der Waals surface area contributed by atoms with Gasteiger partial charge in [0.05, 0.1) is 6.04 Å². The molecule has 2 rings (SSSR count). The third-order valence-electron chi connectivity index (χ3n) is 4.58. The van der Waals surface area contributed by atoms with E-state index in [2.05, 4.69) is 6.92 Å². The molecule has 3 atom stereocenters. The van der Waals surface area contributed by atoms with Crippen molar-refractivity contribution < 1.29 is 14.3 Å². The second-order valence-electron chi connectivity index (χ2n) is 7.40. The van der Waals surface area contributed by atoms with E-state index < -0.39 is 5.60 Å². The van der Waals surface area contributed by atoms with E-state index in [1.807, 2.05) is 32.6 Å². The first-order valence-corrected chi connectivity index (χ1v) is 7.74. The molecule has 20 heavy (non-hydrogen) atoms. The molecule has 0 N–H and O–H groups in total. The fraction of sp³-hybridized carbons (Fsp3) is 0.875. The van der Waals surface area contributed by atoms with Gasteiger partial charge in [-0.3, -0.25) is 4.79 Å². The zero-order valence-corrected chi connectivity index (χ0v) is 13.4. The molecule has 2 fully saturated rings. The first-order valence-electron chi connectivity index (χ1n) is 7.74. The van der Waals surface area contributed by atoms with Gasteiger partial charge in [-0.25, -0.2) is 4.79 Å². The second-order valence-corrected chi connectivity index (χ2v) is 7.40. The minimum absolute atomic E-state index is 0.0350. The van der Waals surface area contributed by atoms with Crippen LogP contribution < -0.4 is 0 Å². The molecule has 0 bridgehead atoms. The maximum Gasteiger partial charge on any atom is 0.410 e. The summed E-state index contributed by atoms with van der Waals surface area (Å²) in [5, 5.41) is 0. The van der Waals surface area contributed by atoms with Gasteiger partial charge < -0.3 is 9.64 Å². The quantitative estimate of drug-likeness (QED) is 0.779. The molecule has 1 saturated heterocycles. The summed E-state index contributed by atoms with van der Waals surface area (Å²) < 4.78 is 5.51. The fourth-order valence-corrected chi connectivity index (χ4v) is 3.85. The second kappa shape index (κ2) is 5.05. The van der Waals surface area contributed by atoms with Crippen LogP contribution in [0, 0.1) is 11.3 Å². The Balaban J connectivity index is 2.17. The SMILES string of the molecule is CCCC1(C)C(=O)[C@@H]2CCCN(C(=O)OC(C)(C)C)[C@@H]21. The number of ether oxygens (including phenoxy) is 1. The van der Waals surface area contributed by atoms with Gasteiger partial charge in [0.25, 0.3) is 0 Å². The summed E-state index contributed by atoms with van der Waals surface area (Å²) in [4.78, 5) is 26.6. The molecule has 1 amide bonds. The van der Waals surface area contributed by atoms with Crippen LogP contribution in [-0.2, 0) is 9.53 Å². The number of nitrogens with zero attached hydrogens (tertiary/aromatic N) is 1. The normalized spacial score (nSPS) is 33.5. The van der Waals surface area contributed by atoms with Crippen LogP contribution in [-0.4, -0.2) is 35.0 Å². The van der Waals surface area contributed by atoms with Crippen LogP contribution >= 0.6 is 0 Å². The van der Waals surface area contributed by atoms with Crippen molar-refractivity contribution in [2.24, 2.45) is 11.3 Å². The lowest BCUT2D eigenvalue weighted by molar-refractivity contribution is -0.164. The highest BCUT2D eigenvalue weighted by atomic mass is 16.6. The zero-order valence-electron chi connectivity index (χ0n) is 13.4. The lowest BCUT2D eigenvalue weighted by Crippen LogP contribution is -2.70. The molecule has 1 unspecified atom stereocenters. The van der Waals surface area contributed by atoms with E-state index in [4.69, 9.17) is 4.74 Å². The number of piperidine rings is 1. The first-order chi connectivity index (χ1) is 9.20. The van der Waals surface area contributed by atoms with Crippen LogP contribution in [0.2, 0.25) is 0 Å². The lowest BCUT2D eigenvalue weighted by Gasteiger charge is -2.58. The van der Waals surface area contributed by atoms with Gasteiger partial charge in [0.15, 0.2) is 0 Å². The molecule has 1 heterocycles. The Labute approximate surface area is 121 Å². The number of ketones is 1. The number of fused-ring (bicyclic) bond motifs is 1. The van der Waals surface area contributed by atoms with Crippen molar-refractivity contribution >= 4 is 11.9 Å². The molecule has 0 aromatic carbocycles. The molecule has 1 aliphatic carbocycles. The van der Waals surface area contributed by atoms with Gasteiger partial charge in [0.2, 0.25) is 0 Å². The average molecular weight is 281 g/mol. The number of hydrogen-bond donors (Lipinski definition) is 0. The Hall–Kier alpha value is -1.06. The molecule has 0 radical (unpaired) electrons. The maximum atomic E-state index is 12.4. The molecule has 4 nitrogen and oxygen atoms in total. The third kappa shape index (κ3) is 2.45. The first kappa shape index (κ1) is 15.3. The summed E-state index contributed by atoms with van der Waals surface area (Å²) in [6, 6.07) is 0.0403. The summed E-state index contributed by atoms with van der Waals surface area (Å²) in [5.41, 5.74) is -0.852. The molecule has 4 heteroatoms. The van der Waals surface area contributed by atoms with Gasteiger partial charge in [0.1, 0.15) is 11.4 Å². The van der Waals surface area contributed by atoms with Crippen molar-refractivity contribution in [1.82, 2.24) is 4.90 Å². The molecule has 0 aromatic heterocycles. The maximum absolute atomic E-state index is 12.4. The van der Waals surface area contributed by atoms with Crippen molar-refractivity contribution in [2.45, 2.75) is 71.9 Å². The number of hydrogen-bond acceptors (Lipinski definition) is 3. The summed E-state index contributed by atoms with van der Waals surface area (Å²) in [7, 11) is 0. The van der Waals surface area contributed by atoms with E-state index >= 15 is 0 Å². The van der Waals surface area contributed by atoms with Gasteiger partial charge >= 0.3 is 6.09 Å². The Morgan fingerprint density at radius 3 is 2.65 bits per heavy atom. The number of carbonyl (C=O) groups is 2. The van der Waals surface area contributed by atoms with Gasteiger partial charge in [-0.1, -0.05) is 20.3 Å². The van der Waals surface area contributed by atoms with Crippen LogP contribution in [0.15, 0.2) is 0 Å². The third-order valence-corrected chi connectivity index (χ3v) is 4.58. The van der Waals surface area contributed by atoms with E-state index in [0.717, 1.165) is 25.7 Å². The van der Waals surface area contributed by atoms with Crippen molar-refractivity contribution in [2.75, 3.05) is 6.54 Å². The molecular formula is C16H27NO3. The molecule has 2 aliphatic rings. The largest absolute Gasteiger partial charge is 0.444 e. The van der Waals surface area contributed by atoms with E-state index in [1.54, 1.807) is 0 Å². The van der Waals surface area contributed by atoms with Crippen molar-refractivity contribution in [3.05, 3.63) is 0 Å². The predicted octanol–water partition coefficient (Wildman–Crippen LogP) is 3.39. The Morgan fingerprint density at radius 1 is 1.45 bits per heavy atom. The van der Waals surface area contributed by atoms with E-state index in [9.17, 15) is 9.59 Å². The van der Waals surface area contributed by atoms with Crippen LogP contribution in [0.3, 0.4) is 0 Å².